The number of pyridine rings is 2. The smallest absolute Gasteiger partial charge is 0.339 e. The fourth-order valence-corrected chi connectivity index (χ4v) is 3.79. The van der Waals surface area contributed by atoms with Gasteiger partial charge in [0.1, 0.15) is 0 Å². The molecular formula is C28H21N3O3. The van der Waals surface area contributed by atoms with E-state index in [4.69, 9.17) is 4.74 Å². The Labute approximate surface area is 196 Å². The van der Waals surface area contributed by atoms with Gasteiger partial charge in [-0.25, -0.2) is 9.78 Å². The van der Waals surface area contributed by atoms with Crippen LogP contribution in [0.4, 0.5) is 5.69 Å². The number of ether oxygens (including phenoxy) is 1. The molecule has 34 heavy (non-hydrogen) atoms. The molecule has 1 N–H and O–H groups in total. The summed E-state index contributed by atoms with van der Waals surface area (Å²) in [5.74, 6) is -1.00. The first kappa shape index (κ1) is 21.3. The number of aromatic nitrogens is 2. The summed E-state index contributed by atoms with van der Waals surface area (Å²) in [6.07, 6.45) is 2.37. The number of benzene rings is 3. The van der Waals surface area contributed by atoms with Gasteiger partial charge in [-0.15, -0.1) is 0 Å². The Morgan fingerprint density at radius 3 is 2.50 bits per heavy atom. The molecule has 1 atom stereocenters. The molecule has 0 radical (unpaired) electrons. The van der Waals surface area contributed by atoms with Crippen LogP contribution >= 0.6 is 0 Å². The minimum atomic E-state index is -0.993. The second-order valence-corrected chi connectivity index (χ2v) is 7.91. The van der Waals surface area contributed by atoms with E-state index in [0.29, 0.717) is 27.8 Å². The SMILES string of the molecule is C[C@@H](OC(=O)c1cc(-c2cccnc2)nc2ccccc12)C(=O)Nc1ccc2ccccc2c1. The molecule has 0 aliphatic carbocycles. The molecule has 0 unspecified atom stereocenters. The number of nitrogens with zero attached hydrogens (tertiary/aromatic N) is 2. The Morgan fingerprint density at radius 2 is 1.68 bits per heavy atom. The number of hydrogen-bond donors (Lipinski definition) is 1. The van der Waals surface area contributed by atoms with Gasteiger partial charge in [-0.2, -0.15) is 0 Å². The molecular weight excluding hydrogens is 426 g/mol. The lowest BCUT2D eigenvalue weighted by molar-refractivity contribution is -0.123. The molecule has 6 heteroatoms. The fraction of sp³-hybridized carbons (Fsp3) is 0.0714. The summed E-state index contributed by atoms with van der Waals surface area (Å²) >= 11 is 0. The van der Waals surface area contributed by atoms with Gasteiger partial charge in [0.15, 0.2) is 6.10 Å². The maximum atomic E-state index is 13.1. The van der Waals surface area contributed by atoms with Crippen LogP contribution in [0.15, 0.2) is 97.3 Å². The number of esters is 1. The highest BCUT2D eigenvalue weighted by atomic mass is 16.5. The number of carbonyl (C=O) groups is 2. The average molecular weight is 447 g/mol. The fourth-order valence-electron chi connectivity index (χ4n) is 3.79. The molecule has 0 bridgehead atoms. The molecule has 3 aromatic carbocycles. The van der Waals surface area contributed by atoms with E-state index in [-0.39, 0.29) is 0 Å². The third-order valence-corrected chi connectivity index (χ3v) is 5.56. The molecule has 0 spiro atoms. The van der Waals surface area contributed by atoms with Gasteiger partial charge in [-0.1, -0.05) is 48.5 Å². The summed E-state index contributed by atoms with van der Waals surface area (Å²) in [5.41, 5.74) is 3.02. The van der Waals surface area contributed by atoms with Gasteiger partial charge in [0.2, 0.25) is 0 Å². The van der Waals surface area contributed by atoms with Crippen molar-refractivity contribution in [3.63, 3.8) is 0 Å². The maximum absolute atomic E-state index is 13.1. The van der Waals surface area contributed by atoms with Gasteiger partial charge in [-0.05, 0) is 54.1 Å². The normalized spacial score (nSPS) is 11.8. The van der Waals surface area contributed by atoms with Crippen LogP contribution < -0.4 is 5.32 Å². The number of hydrogen-bond acceptors (Lipinski definition) is 5. The average Bonchev–Trinajstić information content (AvgIpc) is 2.88. The highest BCUT2D eigenvalue weighted by Gasteiger charge is 2.22. The van der Waals surface area contributed by atoms with Crippen LogP contribution in [0.1, 0.15) is 17.3 Å². The van der Waals surface area contributed by atoms with Crippen LogP contribution in [-0.4, -0.2) is 27.9 Å². The zero-order valence-corrected chi connectivity index (χ0v) is 18.4. The van der Waals surface area contributed by atoms with Gasteiger partial charge in [0.25, 0.3) is 5.91 Å². The van der Waals surface area contributed by atoms with Gasteiger partial charge in [0, 0.05) is 29.0 Å². The van der Waals surface area contributed by atoms with Gasteiger partial charge in [0.05, 0.1) is 16.8 Å². The van der Waals surface area contributed by atoms with Crippen LogP contribution in [0, 0.1) is 0 Å². The number of para-hydroxylation sites is 1. The Balaban J connectivity index is 1.38. The van der Waals surface area contributed by atoms with Crippen molar-refractivity contribution in [3.05, 3.63) is 103 Å². The topological polar surface area (TPSA) is 81.2 Å². The van der Waals surface area contributed by atoms with Gasteiger partial charge >= 0.3 is 5.97 Å². The van der Waals surface area contributed by atoms with Crippen molar-refractivity contribution in [2.24, 2.45) is 0 Å². The van der Waals surface area contributed by atoms with Crippen LogP contribution in [0.3, 0.4) is 0 Å². The second kappa shape index (κ2) is 9.11. The van der Waals surface area contributed by atoms with Crippen molar-refractivity contribution < 1.29 is 14.3 Å². The lowest BCUT2D eigenvalue weighted by atomic mass is 10.0. The van der Waals surface area contributed by atoms with Gasteiger partial charge in [-0.3, -0.25) is 9.78 Å². The Hall–Kier alpha value is -4.58. The third kappa shape index (κ3) is 4.34. The van der Waals surface area contributed by atoms with Crippen molar-refractivity contribution >= 4 is 39.2 Å². The molecule has 0 saturated heterocycles. The van der Waals surface area contributed by atoms with Crippen molar-refractivity contribution in [2.45, 2.75) is 13.0 Å². The van der Waals surface area contributed by atoms with Crippen LogP contribution in [0.25, 0.3) is 32.9 Å². The monoisotopic (exact) mass is 447 g/mol. The number of fused-ring (bicyclic) bond motifs is 2. The molecule has 5 rings (SSSR count). The number of rotatable bonds is 5. The van der Waals surface area contributed by atoms with Crippen LogP contribution in [0.5, 0.6) is 0 Å². The van der Waals surface area contributed by atoms with Gasteiger partial charge < -0.3 is 10.1 Å². The van der Waals surface area contributed by atoms with E-state index in [1.54, 1.807) is 25.4 Å². The zero-order chi connectivity index (χ0) is 23.5. The first-order valence-corrected chi connectivity index (χ1v) is 10.9. The minimum absolute atomic E-state index is 0.342. The molecule has 0 aliphatic rings. The molecule has 2 heterocycles. The van der Waals surface area contributed by atoms with Crippen molar-refractivity contribution in [1.29, 1.82) is 0 Å². The molecule has 6 nitrogen and oxygen atoms in total. The lowest BCUT2D eigenvalue weighted by Crippen LogP contribution is -2.30. The predicted molar refractivity (Wildman–Crippen MR) is 132 cm³/mol. The van der Waals surface area contributed by atoms with E-state index >= 15 is 0 Å². The lowest BCUT2D eigenvalue weighted by Gasteiger charge is -2.15. The quantitative estimate of drug-likeness (QED) is 0.353. The molecule has 1 amide bonds. The number of carbonyl (C=O) groups excluding carboxylic acids is 2. The highest BCUT2D eigenvalue weighted by molar-refractivity contribution is 6.06. The van der Waals surface area contributed by atoms with Crippen molar-refractivity contribution in [2.75, 3.05) is 5.32 Å². The summed E-state index contributed by atoms with van der Waals surface area (Å²) < 4.78 is 5.56. The third-order valence-electron chi connectivity index (χ3n) is 5.56. The predicted octanol–water partition coefficient (Wildman–Crippen LogP) is 5.63. The number of amides is 1. The number of anilines is 1. The zero-order valence-electron chi connectivity index (χ0n) is 18.4. The molecule has 5 aromatic rings. The molecule has 0 fully saturated rings. The van der Waals surface area contributed by atoms with E-state index < -0.39 is 18.0 Å². The molecule has 0 aliphatic heterocycles. The Morgan fingerprint density at radius 1 is 0.882 bits per heavy atom. The molecule has 0 saturated carbocycles. The van der Waals surface area contributed by atoms with Crippen molar-refractivity contribution in [1.82, 2.24) is 9.97 Å². The summed E-state index contributed by atoms with van der Waals surface area (Å²) in [5, 5.41) is 5.57. The van der Waals surface area contributed by atoms with Crippen LogP contribution in [0.2, 0.25) is 0 Å². The van der Waals surface area contributed by atoms with Crippen LogP contribution in [-0.2, 0) is 9.53 Å². The van der Waals surface area contributed by atoms with E-state index in [1.165, 1.54) is 0 Å². The number of nitrogens with one attached hydrogen (secondary N) is 1. The summed E-state index contributed by atoms with van der Waals surface area (Å²) in [7, 11) is 0. The summed E-state index contributed by atoms with van der Waals surface area (Å²) in [6.45, 7) is 1.56. The second-order valence-electron chi connectivity index (χ2n) is 7.91. The van der Waals surface area contributed by atoms with E-state index in [1.807, 2.05) is 78.9 Å². The summed E-state index contributed by atoms with van der Waals surface area (Å²) in [6, 6.07) is 26.2. The standard InChI is InChI=1S/C28H21N3O3/c1-18(27(32)30-22-13-12-19-7-2-3-8-20(19)15-22)34-28(33)24-16-26(21-9-6-14-29-17-21)31-25-11-5-4-10-23(24)25/h2-18H,1H3,(H,30,32)/t18-/m1/s1. The Bertz CT molecular complexity index is 1520. The molecule has 2 aromatic heterocycles. The molecule has 166 valence electrons. The van der Waals surface area contributed by atoms with E-state index in [2.05, 4.69) is 15.3 Å². The minimum Gasteiger partial charge on any atom is -0.449 e. The first-order valence-electron chi connectivity index (χ1n) is 10.9. The largest absolute Gasteiger partial charge is 0.449 e. The first-order chi connectivity index (χ1) is 16.6. The Kier molecular flexibility index (Phi) is 5.70. The summed E-state index contributed by atoms with van der Waals surface area (Å²) in [4.78, 5) is 34.7. The highest BCUT2D eigenvalue weighted by Crippen LogP contribution is 2.25. The van der Waals surface area contributed by atoms with E-state index in [9.17, 15) is 9.59 Å². The van der Waals surface area contributed by atoms with Crippen molar-refractivity contribution in [3.8, 4) is 11.3 Å². The maximum Gasteiger partial charge on any atom is 0.339 e. The van der Waals surface area contributed by atoms with E-state index in [0.717, 1.165) is 16.3 Å².